The molecule has 1 atom stereocenters. The fourth-order valence-electron chi connectivity index (χ4n) is 2.62. The van der Waals surface area contributed by atoms with Crippen molar-refractivity contribution >= 4 is 29.9 Å². The van der Waals surface area contributed by atoms with Crippen molar-refractivity contribution in [3.63, 3.8) is 0 Å². The minimum absolute atomic E-state index is 0. The van der Waals surface area contributed by atoms with Crippen LogP contribution in [-0.4, -0.2) is 49.6 Å². The minimum atomic E-state index is 0. The van der Waals surface area contributed by atoms with Gasteiger partial charge in [-0.2, -0.15) is 0 Å². The van der Waals surface area contributed by atoms with Gasteiger partial charge in [0.25, 0.3) is 0 Å². The molecule has 2 N–H and O–H groups in total. The lowest BCUT2D eigenvalue weighted by atomic mass is 10.2. The molecule has 19 heavy (non-hydrogen) atoms. The summed E-state index contributed by atoms with van der Waals surface area (Å²) in [7, 11) is 0. The van der Waals surface area contributed by atoms with Gasteiger partial charge in [0.05, 0.1) is 0 Å². The lowest BCUT2D eigenvalue weighted by Crippen LogP contribution is -2.45. The molecule has 2 aliphatic rings. The first-order valence-electron chi connectivity index (χ1n) is 7.59. The molecule has 0 aromatic rings. The maximum absolute atomic E-state index is 4.66. The van der Waals surface area contributed by atoms with Crippen molar-refractivity contribution in [1.29, 1.82) is 0 Å². The van der Waals surface area contributed by atoms with Crippen LogP contribution in [0.25, 0.3) is 0 Å². The van der Waals surface area contributed by atoms with Crippen molar-refractivity contribution in [3.8, 4) is 0 Å². The van der Waals surface area contributed by atoms with Gasteiger partial charge in [-0.15, -0.1) is 24.0 Å². The van der Waals surface area contributed by atoms with Crippen LogP contribution in [-0.2, 0) is 0 Å². The Hall–Kier alpha value is -0.0400. The third-order valence-electron chi connectivity index (χ3n) is 3.96. The number of likely N-dealkylation sites (tertiary alicyclic amines) is 1. The van der Waals surface area contributed by atoms with Crippen LogP contribution in [0.15, 0.2) is 4.99 Å². The quantitative estimate of drug-likeness (QED) is 0.421. The molecule has 1 aliphatic carbocycles. The Balaban J connectivity index is 0.00000180. The van der Waals surface area contributed by atoms with E-state index in [-0.39, 0.29) is 24.0 Å². The Morgan fingerprint density at radius 2 is 2.00 bits per heavy atom. The molecule has 0 spiro atoms. The molecule has 1 saturated heterocycles. The molecule has 0 aromatic carbocycles. The highest BCUT2D eigenvalue weighted by Crippen LogP contribution is 2.28. The van der Waals surface area contributed by atoms with Gasteiger partial charge >= 0.3 is 0 Å². The van der Waals surface area contributed by atoms with Gasteiger partial charge in [0.1, 0.15) is 0 Å². The predicted octanol–water partition coefficient (Wildman–Crippen LogP) is 2.05. The normalized spacial score (nSPS) is 24.1. The zero-order valence-corrected chi connectivity index (χ0v) is 14.7. The van der Waals surface area contributed by atoms with Gasteiger partial charge in [-0.3, -0.25) is 9.89 Å². The van der Waals surface area contributed by atoms with Gasteiger partial charge in [0, 0.05) is 25.7 Å². The summed E-state index contributed by atoms with van der Waals surface area (Å²) < 4.78 is 0. The molecule has 1 heterocycles. The SMILES string of the molecule is CCNC(=NCC1CC1)NCC1CCCN1CC.I. The van der Waals surface area contributed by atoms with Gasteiger partial charge < -0.3 is 10.6 Å². The lowest BCUT2D eigenvalue weighted by Gasteiger charge is -2.23. The Labute approximate surface area is 134 Å². The molecule has 0 amide bonds. The molecule has 0 bridgehead atoms. The van der Waals surface area contributed by atoms with Crippen molar-refractivity contribution in [1.82, 2.24) is 15.5 Å². The van der Waals surface area contributed by atoms with Crippen molar-refractivity contribution in [2.24, 2.45) is 10.9 Å². The monoisotopic (exact) mass is 380 g/mol. The first-order valence-corrected chi connectivity index (χ1v) is 7.59. The molecule has 1 aliphatic heterocycles. The summed E-state index contributed by atoms with van der Waals surface area (Å²) in [5.41, 5.74) is 0. The van der Waals surface area contributed by atoms with Crippen LogP contribution in [0.3, 0.4) is 0 Å². The van der Waals surface area contributed by atoms with Gasteiger partial charge in [0.15, 0.2) is 5.96 Å². The van der Waals surface area contributed by atoms with Crippen molar-refractivity contribution in [2.75, 3.05) is 32.7 Å². The van der Waals surface area contributed by atoms with Crippen LogP contribution in [0.2, 0.25) is 0 Å². The predicted molar refractivity (Wildman–Crippen MR) is 92.4 cm³/mol. The molecular formula is C14H29IN4. The van der Waals surface area contributed by atoms with Crippen LogP contribution in [0.4, 0.5) is 0 Å². The molecule has 0 aromatic heterocycles. The fourth-order valence-corrected chi connectivity index (χ4v) is 2.62. The van der Waals surface area contributed by atoms with Gasteiger partial charge in [-0.05, 0) is 51.6 Å². The molecule has 2 fully saturated rings. The maximum Gasteiger partial charge on any atom is 0.191 e. The van der Waals surface area contributed by atoms with E-state index in [2.05, 4.69) is 34.4 Å². The average molecular weight is 380 g/mol. The van der Waals surface area contributed by atoms with Gasteiger partial charge in [0.2, 0.25) is 0 Å². The summed E-state index contributed by atoms with van der Waals surface area (Å²) >= 11 is 0. The van der Waals surface area contributed by atoms with E-state index in [1.165, 1.54) is 38.8 Å². The van der Waals surface area contributed by atoms with Crippen LogP contribution >= 0.6 is 24.0 Å². The van der Waals surface area contributed by atoms with Crippen LogP contribution in [0, 0.1) is 5.92 Å². The standard InChI is InChI=1S/C14H28N4.HI/c1-3-15-14(16-10-12-7-8-12)17-11-13-6-5-9-18(13)4-2;/h12-13H,3-11H2,1-2H3,(H2,15,16,17);1H. The number of rotatable bonds is 6. The highest BCUT2D eigenvalue weighted by molar-refractivity contribution is 14.0. The number of hydrogen-bond acceptors (Lipinski definition) is 2. The van der Waals surface area contributed by atoms with Gasteiger partial charge in [-0.1, -0.05) is 6.92 Å². The number of hydrogen-bond donors (Lipinski definition) is 2. The van der Waals surface area contributed by atoms with Gasteiger partial charge in [-0.25, -0.2) is 0 Å². The van der Waals surface area contributed by atoms with E-state index in [0.29, 0.717) is 6.04 Å². The minimum Gasteiger partial charge on any atom is -0.357 e. The highest BCUT2D eigenvalue weighted by atomic mass is 127. The first-order chi connectivity index (χ1) is 8.83. The second-order valence-corrected chi connectivity index (χ2v) is 5.47. The fraction of sp³-hybridized carbons (Fsp3) is 0.929. The summed E-state index contributed by atoms with van der Waals surface area (Å²) in [5, 5.41) is 6.85. The molecule has 4 nitrogen and oxygen atoms in total. The Bertz CT molecular complexity index is 279. The highest BCUT2D eigenvalue weighted by Gasteiger charge is 2.23. The van der Waals surface area contributed by atoms with E-state index in [9.17, 15) is 0 Å². The zero-order chi connectivity index (χ0) is 12.8. The topological polar surface area (TPSA) is 39.7 Å². The number of nitrogens with one attached hydrogen (secondary N) is 2. The van der Waals surface area contributed by atoms with Crippen LogP contribution in [0.5, 0.6) is 0 Å². The number of halogens is 1. The Morgan fingerprint density at radius 3 is 2.63 bits per heavy atom. The first kappa shape index (κ1) is 17.0. The smallest absolute Gasteiger partial charge is 0.191 e. The molecule has 1 saturated carbocycles. The molecule has 2 rings (SSSR count). The van der Waals surface area contributed by atoms with Crippen LogP contribution < -0.4 is 10.6 Å². The van der Waals surface area contributed by atoms with E-state index >= 15 is 0 Å². The van der Waals surface area contributed by atoms with E-state index in [1.54, 1.807) is 0 Å². The second kappa shape index (κ2) is 9.00. The number of guanidine groups is 1. The summed E-state index contributed by atoms with van der Waals surface area (Å²) in [6.07, 6.45) is 5.41. The van der Waals surface area contributed by atoms with Crippen LogP contribution in [0.1, 0.15) is 39.5 Å². The Kier molecular flexibility index (Phi) is 8.06. The van der Waals surface area contributed by atoms with E-state index in [1.807, 2.05) is 0 Å². The third kappa shape index (κ3) is 5.85. The summed E-state index contributed by atoms with van der Waals surface area (Å²) in [6.45, 7) is 9.79. The maximum atomic E-state index is 4.66. The molecule has 112 valence electrons. The number of nitrogens with zero attached hydrogens (tertiary/aromatic N) is 2. The molecule has 1 unspecified atom stereocenters. The summed E-state index contributed by atoms with van der Waals surface area (Å²) in [4.78, 5) is 7.23. The second-order valence-electron chi connectivity index (χ2n) is 5.47. The number of aliphatic imine (C=N–C) groups is 1. The third-order valence-corrected chi connectivity index (χ3v) is 3.96. The zero-order valence-electron chi connectivity index (χ0n) is 12.3. The molecule has 0 radical (unpaired) electrons. The van der Waals surface area contributed by atoms with Crippen molar-refractivity contribution in [3.05, 3.63) is 0 Å². The van der Waals surface area contributed by atoms with E-state index < -0.39 is 0 Å². The molecule has 5 heteroatoms. The summed E-state index contributed by atoms with van der Waals surface area (Å²) in [5.74, 6) is 1.87. The van der Waals surface area contributed by atoms with E-state index in [0.717, 1.165) is 31.5 Å². The summed E-state index contributed by atoms with van der Waals surface area (Å²) in [6, 6.07) is 0.694. The largest absolute Gasteiger partial charge is 0.357 e. The number of likely N-dealkylation sites (N-methyl/N-ethyl adjacent to an activating group) is 1. The lowest BCUT2D eigenvalue weighted by molar-refractivity contribution is 0.267. The van der Waals surface area contributed by atoms with Crippen molar-refractivity contribution < 1.29 is 0 Å². The average Bonchev–Trinajstić information content (AvgIpc) is 3.10. The van der Waals surface area contributed by atoms with E-state index in [4.69, 9.17) is 0 Å². The van der Waals surface area contributed by atoms with Crippen molar-refractivity contribution in [2.45, 2.75) is 45.6 Å². The molecular weight excluding hydrogens is 351 g/mol. The Morgan fingerprint density at radius 1 is 1.21 bits per heavy atom.